The molecular formula is C17H20F2N2O2. The van der Waals surface area contributed by atoms with Gasteiger partial charge in [-0.05, 0) is 37.3 Å². The van der Waals surface area contributed by atoms with Gasteiger partial charge in [0.15, 0.2) is 0 Å². The summed E-state index contributed by atoms with van der Waals surface area (Å²) >= 11 is 0. The van der Waals surface area contributed by atoms with E-state index in [1.54, 1.807) is 11.9 Å². The number of nitrogens with zero attached hydrogens (tertiary/aromatic N) is 2. The first-order chi connectivity index (χ1) is 11.0. The number of fused-ring (bicyclic) bond motifs is 1. The van der Waals surface area contributed by atoms with Gasteiger partial charge in [0.1, 0.15) is 17.2 Å². The average molecular weight is 322 g/mol. The first-order valence-corrected chi connectivity index (χ1v) is 7.98. The van der Waals surface area contributed by atoms with E-state index in [1.807, 2.05) is 0 Å². The molecule has 0 bridgehead atoms. The van der Waals surface area contributed by atoms with E-state index in [2.05, 4.69) is 0 Å². The predicted molar refractivity (Wildman–Crippen MR) is 80.8 cm³/mol. The van der Waals surface area contributed by atoms with Crippen LogP contribution in [0.5, 0.6) is 0 Å². The second kappa shape index (κ2) is 6.26. The maximum absolute atomic E-state index is 13.8. The second-order valence-corrected chi connectivity index (χ2v) is 6.36. The fourth-order valence-corrected chi connectivity index (χ4v) is 3.73. The van der Waals surface area contributed by atoms with E-state index in [0.29, 0.717) is 25.9 Å². The van der Waals surface area contributed by atoms with Gasteiger partial charge >= 0.3 is 0 Å². The molecule has 124 valence electrons. The van der Waals surface area contributed by atoms with Crippen LogP contribution in [-0.4, -0.2) is 47.8 Å². The van der Waals surface area contributed by atoms with Crippen molar-refractivity contribution in [1.29, 1.82) is 0 Å². The summed E-state index contributed by atoms with van der Waals surface area (Å²) in [5, 5.41) is 0. The predicted octanol–water partition coefficient (Wildman–Crippen LogP) is 2.44. The van der Waals surface area contributed by atoms with E-state index in [4.69, 9.17) is 0 Å². The van der Waals surface area contributed by atoms with Crippen LogP contribution in [0, 0.1) is 17.6 Å². The molecule has 1 aromatic carbocycles. The monoisotopic (exact) mass is 322 g/mol. The van der Waals surface area contributed by atoms with E-state index in [9.17, 15) is 18.4 Å². The van der Waals surface area contributed by atoms with Gasteiger partial charge in [-0.15, -0.1) is 0 Å². The molecule has 2 saturated heterocycles. The van der Waals surface area contributed by atoms with Crippen molar-refractivity contribution in [3.8, 4) is 0 Å². The molecule has 4 nitrogen and oxygen atoms in total. The molecular weight excluding hydrogens is 302 g/mol. The molecule has 23 heavy (non-hydrogen) atoms. The largest absolute Gasteiger partial charge is 0.342 e. The Labute approximate surface area is 134 Å². The number of hydrogen-bond acceptors (Lipinski definition) is 2. The molecule has 2 fully saturated rings. The van der Waals surface area contributed by atoms with Gasteiger partial charge in [0, 0.05) is 32.6 Å². The Kier molecular flexibility index (Phi) is 4.33. The van der Waals surface area contributed by atoms with Crippen LogP contribution in [0.15, 0.2) is 18.2 Å². The Bertz CT molecular complexity index is 615. The van der Waals surface area contributed by atoms with Crippen molar-refractivity contribution in [2.45, 2.75) is 31.7 Å². The summed E-state index contributed by atoms with van der Waals surface area (Å²) in [6.07, 6.45) is 2.82. The number of benzene rings is 1. The smallest absolute Gasteiger partial charge is 0.259 e. The van der Waals surface area contributed by atoms with Crippen LogP contribution in [0.3, 0.4) is 0 Å². The number of rotatable bonds is 1. The van der Waals surface area contributed by atoms with Gasteiger partial charge in [-0.25, -0.2) is 8.78 Å². The molecule has 2 aliphatic heterocycles. The lowest BCUT2D eigenvalue weighted by molar-refractivity contribution is -0.132. The molecule has 0 unspecified atom stereocenters. The third-order valence-corrected chi connectivity index (χ3v) is 5.01. The van der Waals surface area contributed by atoms with Gasteiger partial charge in [0.2, 0.25) is 5.91 Å². The summed E-state index contributed by atoms with van der Waals surface area (Å²) in [4.78, 5) is 27.8. The Morgan fingerprint density at radius 1 is 1.22 bits per heavy atom. The van der Waals surface area contributed by atoms with Crippen LogP contribution in [0.4, 0.5) is 8.78 Å². The number of carbonyl (C=O) groups is 2. The lowest BCUT2D eigenvalue weighted by atomic mass is 9.88. The number of amides is 2. The lowest BCUT2D eigenvalue weighted by Crippen LogP contribution is -2.52. The minimum absolute atomic E-state index is 0.111. The molecule has 2 heterocycles. The van der Waals surface area contributed by atoms with Crippen molar-refractivity contribution in [1.82, 2.24) is 9.80 Å². The van der Waals surface area contributed by atoms with Crippen LogP contribution in [-0.2, 0) is 4.79 Å². The third-order valence-electron chi connectivity index (χ3n) is 5.01. The molecule has 0 aliphatic carbocycles. The zero-order valence-corrected chi connectivity index (χ0v) is 13.1. The molecule has 0 spiro atoms. The summed E-state index contributed by atoms with van der Waals surface area (Å²) in [7, 11) is 1.80. The summed E-state index contributed by atoms with van der Waals surface area (Å²) in [6.45, 7) is 0.848. The number of likely N-dealkylation sites (tertiary alicyclic amines) is 2. The van der Waals surface area contributed by atoms with Crippen molar-refractivity contribution >= 4 is 11.8 Å². The molecule has 2 amide bonds. The fraction of sp³-hybridized carbons (Fsp3) is 0.529. The van der Waals surface area contributed by atoms with Crippen LogP contribution < -0.4 is 0 Å². The van der Waals surface area contributed by atoms with Crippen molar-refractivity contribution in [2.24, 2.45) is 5.92 Å². The molecule has 0 saturated carbocycles. The topological polar surface area (TPSA) is 40.6 Å². The van der Waals surface area contributed by atoms with Crippen LogP contribution in [0.2, 0.25) is 0 Å². The zero-order valence-electron chi connectivity index (χ0n) is 13.1. The van der Waals surface area contributed by atoms with Crippen LogP contribution in [0.25, 0.3) is 0 Å². The SMILES string of the molecule is CN1C(=O)CCC[C@@H]2CN(C(=O)c3c(F)cccc3F)CC[C@H]21. The normalized spacial score (nSPS) is 25.1. The van der Waals surface area contributed by atoms with Gasteiger partial charge in [0.25, 0.3) is 5.91 Å². The maximum atomic E-state index is 13.8. The maximum Gasteiger partial charge on any atom is 0.259 e. The van der Waals surface area contributed by atoms with Crippen LogP contribution >= 0.6 is 0 Å². The van der Waals surface area contributed by atoms with Gasteiger partial charge in [-0.3, -0.25) is 9.59 Å². The van der Waals surface area contributed by atoms with E-state index in [1.165, 1.54) is 11.0 Å². The first-order valence-electron chi connectivity index (χ1n) is 7.98. The Hall–Kier alpha value is -1.98. The quantitative estimate of drug-likeness (QED) is 0.797. The number of carbonyl (C=O) groups excluding carboxylic acids is 2. The molecule has 0 N–H and O–H groups in total. The van der Waals surface area contributed by atoms with Gasteiger partial charge in [0.05, 0.1) is 0 Å². The average Bonchev–Trinajstić information content (AvgIpc) is 2.66. The lowest BCUT2D eigenvalue weighted by Gasteiger charge is -2.41. The van der Waals surface area contributed by atoms with E-state index in [0.717, 1.165) is 25.0 Å². The van der Waals surface area contributed by atoms with E-state index >= 15 is 0 Å². The summed E-state index contributed by atoms with van der Waals surface area (Å²) in [6, 6.07) is 3.56. The molecule has 3 rings (SSSR count). The summed E-state index contributed by atoms with van der Waals surface area (Å²) in [5.41, 5.74) is -0.482. The standard InChI is InChI=1S/C17H20F2N2O2/c1-20-14-8-9-21(10-11(14)4-2-7-15(20)22)17(23)16-12(18)5-3-6-13(16)19/h3,5-6,11,14H,2,4,7-10H2,1H3/t11-,14-/m1/s1. The highest BCUT2D eigenvalue weighted by Crippen LogP contribution is 2.30. The zero-order chi connectivity index (χ0) is 16.6. The number of hydrogen-bond donors (Lipinski definition) is 0. The highest BCUT2D eigenvalue weighted by molar-refractivity contribution is 5.94. The summed E-state index contributed by atoms with van der Waals surface area (Å²) in [5.74, 6) is -1.95. The molecule has 6 heteroatoms. The minimum Gasteiger partial charge on any atom is -0.342 e. The van der Waals surface area contributed by atoms with Gasteiger partial charge in [-0.1, -0.05) is 6.07 Å². The Morgan fingerprint density at radius 3 is 2.61 bits per heavy atom. The minimum atomic E-state index is -0.828. The fourth-order valence-electron chi connectivity index (χ4n) is 3.73. The van der Waals surface area contributed by atoms with E-state index in [-0.39, 0.29) is 17.9 Å². The van der Waals surface area contributed by atoms with Gasteiger partial charge < -0.3 is 9.80 Å². The second-order valence-electron chi connectivity index (χ2n) is 6.36. The number of halogens is 2. The van der Waals surface area contributed by atoms with Crippen LogP contribution in [0.1, 0.15) is 36.0 Å². The van der Waals surface area contributed by atoms with Crippen molar-refractivity contribution in [2.75, 3.05) is 20.1 Å². The van der Waals surface area contributed by atoms with E-state index < -0.39 is 23.1 Å². The highest BCUT2D eigenvalue weighted by Gasteiger charge is 2.38. The molecule has 2 atom stereocenters. The number of piperidine rings is 1. The molecule has 1 aromatic rings. The third kappa shape index (κ3) is 2.94. The summed E-state index contributed by atoms with van der Waals surface area (Å²) < 4.78 is 27.7. The molecule has 2 aliphatic rings. The first kappa shape index (κ1) is 15.9. The van der Waals surface area contributed by atoms with Crippen molar-refractivity contribution in [3.05, 3.63) is 35.4 Å². The Morgan fingerprint density at radius 2 is 1.91 bits per heavy atom. The molecule has 0 radical (unpaired) electrons. The van der Waals surface area contributed by atoms with Gasteiger partial charge in [-0.2, -0.15) is 0 Å². The Balaban J connectivity index is 1.79. The van der Waals surface area contributed by atoms with Crippen molar-refractivity contribution < 1.29 is 18.4 Å². The molecule has 0 aromatic heterocycles. The van der Waals surface area contributed by atoms with Crippen molar-refractivity contribution in [3.63, 3.8) is 0 Å². The highest BCUT2D eigenvalue weighted by atomic mass is 19.1.